The van der Waals surface area contributed by atoms with E-state index < -0.39 is 5.76 Å². The minimum absolute atomic E-state index is 0. The second-order valence-corrected chi connectivity index (χ2v) is 4.66. The summed E-state index contributed by atoms with van der Waals surface area (Å²) < 4.78 is 6.63. The summed E-state index contributed by atoms with van der Waals surface area (Å²) >= 11 is 0. The lowest BCUT2D eigenvalue weighted by atomic mass is 10.3. The van der Waals surface area contributed by atoms with Crippen LogP contribution in [0.5, 0.6) is 0 Å². The molecule has 0 saturated heterocycles. The van der Waals surface area contributed by atoms with E-state index in [4.69, 9.17) is 4.42 Å². The number of nitrogens with zero attached hydrogens (tertiary/aromatic N) is 2. The third-order valence-corrected chi connectivity index (χ3v) is 3.25. The summed E-state index contributed by atoms with van der Waals surface area (Å²) in [6.45, 7) is 1.73. The van der Waals surface area contributed by atoms with E-state index >= 15 is 0 Å². The predicted octanol–water partition coefficient (Wildman–Crippen LogP) is 1.08. The quantitative estimate of drug-likeness (QED) is 0.866. The van der Waals surface area contributed by atoms with Gasteiger partial charge in [-0.25, -0.2) is 4.79 Å². The van der Waals surface area contributed by atoms with Crippen molar-refractivity contribution in [2.45, 2.75) is 13.0 Å². The maximum Gasteiger partial charge on any atom is 0.419 e. The van der Waals surface area contributed by atoms with Crippen molar-refractivity contribution in [2.75, 3.05) is 27.2 Å². The molecular formula is C14H20ClN3O3. The molecule has 1 N–H and O–H groups in total. The molecule has 0 unspecified atom stereocenters. The molecule has 0 aliphatic heterocycles. The number of nitrogens with one attached hydrogen (secondary N) is 1. The van der Waals surface area contributed by atoms with Gasteiger partial charge in [0.15, 0.2) is 5.58 Å². The molecule has 1 aromatic carbocycles. The van der Waals surface area contributed by atoms with Crippen molar-refractivity contribution >= 4 is 29.4 Å². The molecule has 2 rings (SSSR count). The number of halogens is 1. The van der Waals surface area contributed by atoms with Crippen LogP contribution < -0.4 is 11.1 Å². The van der Waals surface area contributed by atoms with E-state index in [0.29, 0.717) is 18.7 Å². The van der Waals surface area contributed by atoms with Gasteiger partial charge < -0.3 is 14.6 Å². The lowest BCUT2D eigenvalue weighted by Crippen LogP contribution is -2.33. The van der Waals surface area contributed by atoms with Gasteiger partial charge in [0, 0.05) is 33.1 Å². The van der Waals surface area contributed by atoms with Gasteiger partial charge in [-0.1, -0.05) is 12.1 Å². The maximum absolute atomic E-state index is 11.9. The number of likely N-dealkylation sites (N-methyl/N-ethyl adjacent to an activating group) is 2. The molecule has 0 fully saturated rings. The third-order valence-electron chi connectivity index (χ3n) is 3.25. The first-order valence-corrected chi connectivity index (χ1v) is 6.60. The molecule has 0 aliphatic rings. The van der Waals surface area contributed by atoms with Crippen molar-refractivity contribution in [3.05, 3.63) is 34.8 Å². The molecule has 2 aromatic rings. The van der Waals surface area contributed by atoms with Crippen molar-refractivity contribution in [1.29, 1.82) is 0 Å². The summed E-state index contributed by atoms with van der Waals surface area (Å²) in [5, 5.41) is 2.99. The average molecular weight is 314 g/mol. The number of hydrogen-bond donors (Lipinski definition) is 1. The number of amides is 1. The van der Waals surface area contributed by atoms with Crippen LogP contribution in [0.25, 0.3) is 11.1 Å². The van der Waals surface area contributed by atoms with Gasteiger partial charge in [-0.15, -0.1) is 12.4 Å². The highest BCUT2D eigenvalue weighted by Gasteiger charge is 2.12. The number of para-hydroxylation sites is 2. The Morgan fingerprint density at radius 3 is 2.81 bits per heavy atom. The minimum atomic E-state index is -0.420. The van der Waals surface area contributed by atoms with Crippen molar-refractivity contribution in [1.82, 2.24) is 14.8 Å². The number of hydrogen-bond acceptors (Lipinski definition) is 4. The van der Waals surface area contributed by atoms with E-state index in [1.807, 2.05) is 25.2 Å². The summed E-state index contributed by atoms with van der Waals surface area (Å²) in [5.74, 6) is -0.408. The number of aromatic nitrogens is 1. The van der Waals surface area contributed by atoms with Gasteiger partial charge in [-0.05, 0) is 19.2 Å². The fourth-order valence-electron chi connectivity index (χ4n) is 2.03. The first kappa shape index (κ1) is 17.3. The van der Waals surface area contributed by atoms with E-state index in [0.717, 1.165) is 12.1 Å². The molecule has 7 heteroatoms. The number of aryl methyl sites for hydroxylation is 1. The molecular weight excluding hydrogens is 294 g/mol. The minimum Gasteiger partial charge on any atom is -0.408 e. The molecule has 1 amide bonds. The molecule has 1 aromatic heterocycles. The molecule has 0 saturated carbocycles. The van der Waals surface area contributed by atoms with Crippen LogP contribution >= 0.6 is 12.4 Å². The highest BCUT2D eigenvalue weighted by atomic mass is 35.5. The monoisotopic (exact) mass is 313 g/mol. The number of fused-ring (bicyclic) bond motifs is 1. The van der Waals surface area contributed by atoms with Crippen LogP contribution in [-0.2, 0) is 11.3 Å². The summed E-state index contributed by atoms with van der Waals surface area (Å²) in [7, 11) is 3.60. The summed E-state index contributed by atoms with van der Waals surface area (Å²) in [5.41, 5.74) is 1.27. The molecule has 6 nitrogen and oxygen atoms in total. The van der Waals surface area contributed by atoms with Crippen molar-refractivity contribution in [3.8, 4) is 0 Å². The van der Waals surface area contributed by atoms with Gasteiger partial charge in [0.25, 0.3) is 0 Å². The summed E-state index contributed by atoms with van der Waals surface area (Å²) in [4.78, 5) is 25.4. The molecule has 116 valence electrons. The molecule has 0 atom stereocenters. The van der Waals surface area contributed by atoms with Gasteiger partial charge >= 0.3 is 5.76 Å². The molecule has 0 radical (unpaired) electrons. The van der Waals surface area contributed by atoms with Crippen molar-refractivity contribution in [2.24, 2.45) is 0 Å². The van der Waals surface area contributed by atoms with Crippen molar-refractivity contribution in [3.63, 3.8) is 0 Å². The fraction of sp³-hybridized carbons (Fsp3) is 0.429. The third kappa shape index (κ3) is 4.09. The first-order chi connectivity index (χ1) is 9.63. The fourth-order valence-corrected chi connectivity index (χ4v) is 2.03. The van der Waals surface area contributed by atoms with Crippen LogP contribution in [0.3, 0.4) is 0 Å². The second-order valence-electron chi connectivity index (χ2n) is 4.66. The zero-order chi connectivity index (χ0) is 14.5. The zero-order valence-corrected chi connectivity index (χ0v) is 13.0. The van der Waals surface area contributed by atoms with E-state index in [-0.39, 0.29) is 24.7 Å². The molecule has 0 spiro atoms. The summed E-state index contributed by atoms with van der Waals surface area (Å²) in [6, 6.07) is 7.21. The van der Waals surface area contributed by atoms with E-state index in [9.17, 15) is 9.59 Å². The smallest absolute Gasteiger partial charge is 0.408 e. The number of carbonyl (C=O) groups is 1. The highest BCUT2D eigenvalue weighted by Crippen LogP contribution is 2.12. The number of carbonyl (C=O) groups excluding carboxylic acids is 1. The SMILES string of the molecule is CNCCN(C)C(=O)CCn1c(=O)oc2ccccc21.Cl. The number of rotatable bonds is 6. The Morgan fingerprint density at radius 1 is 1.38 bits per heavy atom. The topological polar surface area (TPSA) is 67.5 Å². The molecule has 1 heterocycles. The zero-order valence-electron chi connectivity index (χ0n) is 12.2. The predicted molar refractivity (Wildman–Crippen MR) is 83.9 cm³/mol. The van der Waals surface area contributed by atoms with Gasteiger partial charge in [0.05, 0.1) is 5.52 Å². The molecule has 0 bridgehead atoms. The van der Waals surface area contributed by atoms with E-state index in [1.54, 1.807) is 18.0 Å². The number of benzene rings is 1. The van der Waals surface area contributed by atoms with E-state index in [1.165, 1.54) is 4.57 Å². The lowest BCUT2D eigenvalue weighted by Gasteiger charge is -2.16. The van der Waals surface area contributed by atoms with E-state index in [2.05, 4.69) is 5.32 Å². The van der Waals surface area contributed by atoms with Crippen LogP contribution in [0.15, 0.2) is 33.5 Å². The number of oxazole rings is 1. The second kappa shape index (κ2) is 7.85. The Kier molecular flexibility index (Phi) is 6.45. The normalized spacial score (nSPS) is 10.4. The van der Waals surface area contributed by atoms with Crippen LogP contribution in [0.4, 0.5) is 0 Å². The first-order valence-electron chi connectivity index (χ1n) is 6.60. The Labute approximate surface area is 129 Å². The van der Waals surface area contributed by atoms with Gasteiger partial charge in [-0.3, -0.25) is 9.36 Å². The van der Waals surface area contributed by atoms with Crippen LogP contribution in [0.1, 0.15) is 6.42 Å². The highest BCUT2D eigenvalue weighted by molar-refractivity contribution is 5.85. The molecule has 21 heavy (non-hydrogen) atoms. The van der Waals surface area contributed by atoms with Gasteiger partial charge in [0.2, 0.25) is 5.91 Å². The average Bonchev–Trinajstić information content (AvgIpc) is 2.77. The Bertz CT molecular complexity index is 650. The van der Waals surface area contributed by atoms with Gasteiger partial charge in [0.1, 0.15) is 0 Å². The Hall–Kier alpha value is -1.79. The van der Waals surface area contributed by atoms with Crippen molar-refractivity contribution < 1.29 is 9.21 Å². The lowest BCUT2D eigenvalue weighted by molar-refractivity contribution is -0.130. The van der Waals surface area contributed by atoms with Gasteiger partial charge in [-0.2, -0.15) is 0 Å². The van der Waals surface area contributed by atoms with Crippen LogP contribution in [0, 0.1) is 0 Å². The largest absolute Gasteiger partial charge is 0.419 e. The standard InChI is InChI=1S/C14H19N3O3.ClH/c1-15-8-10-16(2)13(18)7-9-17-11-5-3-4-6-12(11)20-14(17)19;/h3-6,15H,7-10H2,1-2H3;1H. The van der Waals surface area contributed by atoms with Crippen LogP contribution in [0.2, 0.25) is 0 Å². The summed E-state index contributed by atoms with van der Waals surface area (Å²) in [6.07, 6.45) is 0.281. The maximum atomic E-state index is 11.9. The van der Waals surface area contributed by atoms with Crippen LogP contribution in [-0.4, -0.2) is 42.6 Å². The Balaban J connectivity index is 0.00000220. The molecule has 0 aliphatic carbocycles. The Morgan fingerprint density at radius 2 is 2.10 bits per heavy atom.